The van der Waals surface area contributed by atoms with E-state index in [2.05, 4.69) is 15.3 Å². The molecule has 0 fully saturated rings. The normalized spacial score (nSPS) is 10.8. The van der Waals surface area contributed by atoms with Crippen LogP contribution in [-0.2, 0) is 0 Å². The van der Waals surface area contributed by atoms with Crippen LogP contribution in [0.3, 0.4) is 0 Å². The molecule has 0 radical (unpaired) electrons. The number of benzene rings is 2. The number of carbonyl (C=O) groups is 1. The largest absolute Gasteiger partial charge is 0.296 e. The van der Waals surface area contributed by atoms with Crippen molar-refractivity contribution < 1.29 is 4.79 Å². The minimum absolute atomic E-state index is 0.231. The van der Waals surface area contributed by atoms with Gasteiger partial charge in [-0.3, -0.25) is 14.7 Å². The summed E-state index contributed by atoms with van der Waals surface area (Å²) in [6.45, 7) is 0. The Bertz CT molecular complexity index is 941. The van der Waals surface area contributed by atoms with Crippen molar-refractivity contribution in [3.63, 3.8) is 0 Å². The molecule has 4 aromatic rings. The van der Waals surface area contributed by atoms with Crippen LogP contribution in [0.1, 0.15) is 10.5 Å². The van der Waals surface area contributed by atoms with Crippen LogP contribution in [0.2, 0.25) is 0 Å². The second-order valence-corrected chi connectivity index (χ2v) is 5.96. The van der Waals surface area contributed by atoms with Gasteiger partial charge >= 0.3 is 0 Å². The van der Waals surface area contributed by atoms with Crippen LogP contribution in [0.15, 0.2) is 67.1 Å². The Morgan fingerprint density at radius 3 is 2.65 bits per heavy atom. The zero-order valence-electron chi connectivity index (χ0n) is 12.0. The molecule has 5 nitrogen and oxygen atoms in total. The first kappa shape index (κ1) is 13.7. The summed E-state index contributed by atoms with van der Waals surface area (Å²) in [6.07, 6.45) is 3.18. The number of para-hydroxylation sites is 2. The van der Waals surface area contributed by atoms with Gasteiger partial charge in [0, 0.05) is 5.69 Å². The van der Waals surface area contributed by atoms with Gasteiger partial charge in [-0.1, -0.05) is 41.7 Å². The minimum Gasteiger partial charge on any atom is -0.296 e. The number of anilines is 1. The Hall–Kier alpha value is -2.99. The fraction of sp³-hybridized carbons (Fsp3) is 0. The molecule has 1 amide bonds. The lowest BCUT2D eigenvalue weighted by atomic mass is 10.3. The molecule has 0 unspecified atom stereocenters. The van der Waals surface area contributed by atoms with E-state index < -0.39 is 0 Å². The predicted octanol–water partition coefficient (Wildman–Crippen LogP) is 3.73. The molecule has 112 valence electrons. The summed E-state index contributed by atoms with van der Waals surface area (Å²) in [4.78, 5) is 21.1. The van der Waals surface area contributed by atoms with Crippen LogP contribution >= 0.6 is 11.3 Å². The van der Waals surface area contributed by atoms with Crippen molar-refractivity contribution in [2.75, 3.05) is 5.32 Å². The van der Waals surface area contributed by atoms with E-state index in [1.165, 1.54) is 11.3 Å². The van der Waals surface area contributed by atoms with Crippen LogP contribution in [-0.4, -0.2) is 20.4 Å². The number of imidazole rings is 1. The Balaban J connectivity index is 1.64. The molecular formula is C17H12N4OS. The van der Waals surface area contributed by atoms with Crippen LogP contribution in [0.4, 0.5) is 5.13 Å². The second kappa shape index (κ2) is 5.66. The molecule has 0 saturated heterocycles. The molecule has 0 aliphatic carbocycles. The van der Waals surface area contributed by atoms with Crippen molar-refractivity contribution in [2.45, 2.75) is 0 Å². The number of fused-ring (bicyclic) bond motifs is 1. The molecule has 0 saturated carbocycles. The van der Waals surface area contributed by atoms with Crippen LogP contribution < -0.4 is 5.32 Å². The number of carbonyl (C=O) groups excluding carboxylic acids is 1. The summed E-state index contributed by atoms with van der Waals surface area (Å²) in [5, 5.41) is 3.43. The van der Waals surface area contributed by atoms with Gasteiger partial charge in [0.25, 0.3) is 5.91 Å². The monoisotopic (exact) mass is 320 g/mol. The van der Waals surface area contributed by atoms with Crippen LogP contribution in [0.5, 0.6) is 0 Å². The first-order valence-electron chi connectivity index (χ1n) is 7.06. The highest BCUT2D eigenvalue weighted by molar-refractivity contribution is 7.22. The second-order valence-electron chi connectivity index (χ2n) is 4.93. The van der Waals surface area contributed by atoms with Gasteiger partial charge in [0.2, 0.25) is 0 Å². The van der Waals surface area contributed by atoms with E-state index in [-0.39, 0.29) is 5.91 Å². The summed E-state index contributed by atoms with van der Waals surface area (Å²) >= 11 is 1.45. The lowest BCUT2D eigenvalue weighted by Crippen LogP contribution is -2.15. The molecule has 0 aliphatic heterocycles. The van der Waals surface area contributed by atoms with Gasteiger partial charge in [-0.15, -0.1) is 0 Å². The maximum atomic E-state index is 12.5. The highest BCUT2D eigenvalue weighted by Crippen LogP contribution is 2.25. The number of nitrogens with one attached hydrogen (secondary N) is 1. The number of hydrogen-bond acceptors (Lipinski definition) is 4. The quantitative estimate of drug-likeness (QED) is 0.625. The standard InChI is InChI=1S/C17H12N4OS/c22-16(20-17-19-13-8-4-5-9-15(13)23-17)14-10-18-11-21(14)12-6-2-1-3-7-12/h1-11H,(H,19,20,22). The van der Waals surface area contributed by atoms with Gasteiger partial charge in [0.1, 0.15) is 5.69 Å². The van der Waals surface area contributed by atoms with E-state index in [9.17, 15) is 4.79 Å². The van der Waals surface area contributed by atoms with Gasteiger partial charge in [-0.25, -0.2) is 9.97 Å². The van der Waals surface area contributed by atoms with Crippen LogP contribution in [0.25, 0.3) is 15.9 Å². The molecular weight excluding hydrogens is 308 g/mol. The van der Waals surface area contributed by atoms with Gasteiger partial charge in [-0.2, -0.15) is 0 Å². The number of aromatic nitrogens is 3. The van der Waals surface area contributed by atoms with Crippen molar-refractivity contribution in [3.05, 3.63) is 72.8 Å². The molecule has 1 N–H and O–H groups in total. The van der Waals surface area contributed by atoms with Crippen molar-refractivity contribution in [3.8, 4) is 5.69 Å². The third kappa shape index (κ3) is 2.60. The van der Waals surface area contributed by atoms with Gasteiger partial charge < -0.3 is 0 Å². The number of rotatable bonds is 3. The zero-order valence-corrected chi connectivity index (χ0v) is 12.8. The lowest BCUT2D eigenvalue weighted by Gasteiger charge is -2.07. The molecule has 0 atom stereocenters. The number of amides is 1. The average Bonchev–Trinajstić information content (AvgIpc) is 3.22. The Morgan fingerprint density at radius 1 is 1.04 bits per heavy atom. The summed E-state index contributed by atoms with van der Waals surface area (Å²) in [7, 11) is 0. The van der Waals surface area contributed by atoms with E-state index in [0.29, 0.717) is 10.8 Å². The summed E-state index contributed by atoms with van der Waals surface area (Å²) in [6, 6.07) is 17.4. The Kier molecular flexibility index (Phi) is 3.36. The van der Waals surface area contributed by atoms with Gasteiger partial charge in [0.05, 0.1) is 22.7 Å². The van der Waals surface area contributed by atoms with Gasteiger partial charge in [-0.05, 0) is 24.3 Å². The first-order chi connectivity index (χ1) is 11.3. The third-order valence-corrected chi connectivity index (χ3v) is 4.37. The van der Waals surface area contributed by atoms with Crippen molar-refractivity contribution >= 4 is 32.6 Å². The van der Waals surface area contributed by atoms with E-state index in [1.807, 2.05) is 54.6 Å². The molecule has 4 rings (SSSR count). The van der Waals surface area contributed by atoms with Gasteiger partial charge in [0.15, 0.2) is 5.13 Å². The smallest absolute Gasteiger partial charge is 0.276 e. The fourth-order valence-electron chi connectivity index (χ4n) is 2.34. The zero-order chi connectivity index (χ0) is 15.6. The van der Waals surface area contributed by atoms with Crippen molar-refractivity contribution in [1.29, 1.82) is 0 Å². The Morgan fingerprint density at radius 2 is 1.83 bits per heavy atom. The molecule has 23 heavy (non-hydrogen) atoms. The summed E-state index contributed by atoms with van der Waals surface area (Å²) in [5.41, 5.74) is 2.24. The van der Waals surface area contributed by atoms with E-state index in [1.54, 1.807) is 17.1 Å². The van der Waals surface area contributed by atoms with Crippen molar-refractivity contribution in [1.82, 2.24) is 14.5 Å². The number of nitrogens with zero attached hydrogens (tertiary/aromatic N) is 3. The molecule has 2 aromatic carbocycles. The minimum atomic E-state index is -0.231. The molecule has 0 spiro atoms. The molecule has 2 heterocycles. The maximum Gasteiger partial charge on any atom is 0.276 e. The first-order valence-corrected chi connectivity index (χ1v) is 7.87. The third-order valence-electron chi connectivity index (χ3n) is 3.42. The fourth-order valence-corrected chi connectivity index (χ4v) is 3.21. The topological polar surface area (TPSA) is 59.8 Å². The van der Waals surface area contributed by atoms with E-state index in [4.69, 9.17) is 0 Å². The Labute approximate surface area is 136 Å². The average molecular weight is 320 g/mol. The molecule has 6 heteroatoms. The highest BCUT2D eigenvalue weighted by Gasteiger charge is 2.15. The summed E-state index contributed by atoms with van der Waals surface area (Å²) in [5.74, 6) is -0.231. The maximum absolute atomic E-state index is 12.5. The predicted molar refractivity (Wildman–Crippen MR) is 91.1 cm³/mol. The van der Waals surface area contributed by atoms with Crippen LogP contribution in [0, 0.1) is 0 Å². The lowest BCUT2D eigenvalue weighted by molar-refractivity contribution is 0.102. The SMILES string of the molecule is O=C(Nc1nc2ccccc2s1)c1cncn1-c1ccccc1. The van der Waals surface area contributed by atoms with E-state index in [0.717, 1.165) is 15.9 Å². The molecule has 0 aliphatic rings. The molecule has 2 aromatic heterocycles. The number of hydrogen-bond donors (Lipinski definition) is 1. The highest BCUT2D eigenvalue weighted by atomic mass is 32.1. The van der Waals surface area contributed by atoms with Crippen molar-refractivity contribution in [2.24, 2.45) is 0 Å². The summed E-state index contributed by atoms with van der Waals surface area (Å²) < 4.78 is 2.79. The molecule has 0 bridgehead atoms. The number of thiazole rings is 1. The van der Waals surface area contributed by atoms with E-state index >= 15 is 0 Å².